The van der Waals surface area contributed by atoms with Crippen LogP contribution in [0.2, 0.25) is 10.0 Å². The number of hydrogen-bond donors (Lipinski definition) is 1. The van der Waals surface area contributed by atoms with Gasteiger partial charge < -0.3 is 0 Å². The number of nitro benzene ring substituents is 1. The van der Waals surface area contributed by atoms with Gasteiger partial charge in [0, 0.05) is 17.7 Å². The van der Waals surface area contributed by atoms with Crippen LogP contribution in [0.3, 0.4) is 0 Å². The molecule has 0 amide bonds. The minimum absolute atomic E-state index is 0.0296. The summed E-state index contributed by atoms with van der Waals surface area (Å²) in [6, 6.07) is 8.49. The lowest BCUT2D eigenvalue weighted by molar-refractivity contribution is -0.384. The van der Waals surface area contributed by atoms with Crippen LogP contribution in [0.4, 0.5) is 5.69 Å². The molecule has 1 N–H and O–H groups in total. The van der Waals surface area contributed by atoms with Crippen molar-refractivity contribution in [2.45, 2.75) is 11.8 Å². The van der Waals surface area contributed by atoms with E-state index >= 15 is 0 Å². The molecule has 24 heavy (non-hydrogen) atoms. The number of nitro groups is 1. The van der Waals surface area contributed by atoms with Crippen molar-refractivity contribution in [2.75, 3.05) is 0 Å². The largest absolute Gasteiger partial charge is 0.279 e. The molecule has 0 aliphatic rings. The zero-order chi connectivity index (χ0) is 17.9. The molecule has 0 atom stereocenters. The molecule has 2 aromatic carbocycles. The van der Waals surface area contributed by atoms with Crippen LogP contribution in [0.1, 0.15) is 11.1 Å². The first-order valence-electron chi connectivity index (χ1n) is 6.45. The predicted molar refractivity (Wildman–Crippen MR) is 92.2 cm³/mol. The summed E-state index contributed by atoms with van der Waals surface area (Å²) in [4.78, 5) is 11.8. The van der Waals surface area contributed by atoms with Gasteiger partial charge in [-0.25, -0.2) is 0 Å². The fourth-order valence-corrected chi connectivity index (χ4v) is 4.00. The number of nitrogens with zero attached hydrogens (tertiary/aromatic N) is 2. The second-order valence-electron chi connectivity index (χ2n) is 4.76. The lowest BCUT2D eigenvalue weighted by Crippen LogP contribution is -2.19. The van der Waals surface area contributed by atoms with Crippen LogP contribution < -0.4 is 4.83 Å². The van der Waals surface area contributed by atoms with E-state index in [1.165, 1.54) is 36.4 Å². The van der Waals surface area contributed by atoms with E-state index in [1.807, 2.05) is 4.83 Å². The molecule has 0 radical (unpaired) electrons. The van der Waals surface area contributed by atoms with Crippen LogP contribution in [0.25, 0.3) is 0 Å². The Morgan fingerprint density at radius 2 is 1.83 bits per heavy atom. The summed E-state index contributed by atoms with van der Waals surface area (Å²) in [5.74, 6) is 0. The molecule has 0 saturated heterocycles. The maximum absolute atomic E-state index is 12.2. The Bertz CT molecular complexity index is 906. The van der Waals surface area contributed by atoms with Gasteiger partial charge in [-0.15, -0.1) is 0 Å². The first kappa shape index (κ1) is 18.2. The molecule has 0 unspecified atom stereocenters. The summed E-state index contributed by atoms with van der Waals surface area (Å²) < 4.78 is 24.5. The normalized spacial score (nSPS) is 11.6. The Kier molecular flexibility index (Phi) is 5.43. The highest BCUT2D eigenvalue weighted by Gasteiger charge is 2.21. The Morgan fingerprint density at radius 1 is 1.21 bits per heavy atom. The molecule has 0 saturated carbocycles. The molecule has 0 fully saturated rings. The van der Waals surface area contributed by atoms with Gasteiger partial charge in [-0.2, -0.15) is 18.4 Å². The number of nitrogens with one attached hydrogen (secondary N) is 1. The zero-order valence-electron chi connectivity index (χ0n) is 12.2. The number of non-ortho nitro benzene ring substituents is 1. The number of rotatable bonds is 5. The number of benzene rings is 2. The molecule has 0 spiro atoms. The number of hydrazone groups is 1. The van der Waals surface area contributed by atoms with Gasteiger partial charge in [0.2, 0.25) is 0 Å². The highest BCUT2D eigenvalue weighted by atomic mass is 35.5. The minimum atomic E-state index is -4.08. The Morgan fingerprint density at radius 3 is 2.42 bits per heavy atom. The maximum atomic E-state index is 12.2. The van der Waals surface area contributed by atoms with Crippen molar-refractivity contribution in [2.24, 2.45) is 5.10 Å². The Balaban J connectivity index is 2.25. The van der Waals surface area contributed by atoms with Crippen molar-refractivity contribution in [3.8, 4) is 0 Å². The number of sulfonamides is 1. The van der Waals surface area contributed by atoms with E-state index in [9.17, 15) is 18.5 Å². The second kappa shape index (κ2) is 7.16. The van der Waals surface area contributed by atoms with Crippen molar-refractivity contribution in [1.82, 2.24) is 4.83 Å². The Hall–Kier alpha value is -2.16. The van der Waals surface area contributed by atoms with Crippen molar-refractivity contribution in [3.05, 3.63) is 67.7 Å². The topological polar surface area (TPSA) is 102 Å². The van der Waals surface area contributed by atoms with Gasteiger partial charge >= 0.3 is 0 Å². The molecule has 126 valence electrons. The highest BCUT2D eigenvalue weighted by Crippen LogP contribution is 2.30. The molecule has 0 aromatic heterocycles. The van der Waals surface area contributed by atoms with Crippen LogP contribution in [0.5, 0.6) is 0 Å². The number of aryl methyl sites for hydroxylation is 1. The fraction of sp³-hybridized carbons (Fsp3) is 0.0714. The van der Waals surface area contributed by atoms with Crippen LogP contribution in [-0.2, 0) is 10.0 Å². The summed E-state index contributed by atoms with van der Waals surface area (Å²) in [5, 5.41) is 14.2. The third kappa shape index (κ3) is 4.22. The minimum Gasteiger partial charge on any atom is -0.258 e. The van der Waals surface area contributed by atoms with E-state index in [0.29, 0.717) is 11.1 Å². The third-order valence-electron chi connectivity index (χ3n) is 2.88. The van der Waals surface area contributed by atoms with E-state index < -0.39 is 14.9 Å². The summed E-state index contributed by atoms with van der Waals surface area (Å²) in [5.41, 5.74) is 0.934. The van der Waals surface area contributed by atoms with Gasteiger partial charge in [0.1, 0.15) is 4.90 Å². The van der Waals surface area contributed by atoms with Gasteiger partial charge in [0.25, 0.3) is 15.7 Å². The van der Waals surface area contributed by atoms with Gasteiger partial charge in [-0.3, -0.25) is 10.1 Å². The molecule has 7 nitrogen and oxygen atoms in total. The first-order valence-corrected chi connectivity index (χ1v) is 8.69. The lowest BCUT2D eigenvalue weighted by Gasteiger charge is -2.08. The molecule has 0 aliphatic carbocycles. The van der Waals surface area contributed by atoms with E-state index in [0.717, 1.165) is 6.21 Å². The molecule has 2 aromatic rings. The SMILES string of the molecule is Cc1cc(Cl)c(S(=O)(=O)N/N=C/c2cccc([N+](=O)[O-])c2)c(Cl)c1. The monoisotopic (exact) mass is 387 g/mol. The molecule has 0 heterocycles. The van der Waals surface area contributed by atoms with Crippen LogP contribution in [-0.4, -0.2) is 19.6 Å². The van der Waals surface area contributed by atoms with E-state index in [4.69, 9.17) is 23.2 Å². The van der Waals surface area contributed by atoms with E-state index in [2.05, 4.69) is 5.10 Å². The van der Waals surface area contributed by atoms with Crippen molar-refractivity contribution in [1.29, 1.82) is 0 Å². The van der Waals surface area contributed by atoms with Crippen LogP contribution in [0, 0.1) is 17.0 Å². The quantitative estimate of drug-likeness (QED) is 0.481. The second-order valence-corrected chi connectivity index (χ2v) is 7.17. The lowest BCUT2D eigenvalue weighted by atomic mass is 10.2. The number of halogens is 2. The summed E-state index contributed by atoms with van der Waals surface area (Å²) in [6.07, 6.45) is 1.14. The molecular weight excluding hydrogens is 377 g/mol. The van der Waals surface area contributed by atoms with Crippen LogP contribution in [0.15, 0.2) is 46.4 Å². The molecule has 10 heteroatoms. The van der Waals surface area contributed by atoms with Crippen molar-refractivity contribution >= 4 is 45.1 Å². The fourth-order valence-electron chi connectivity index (χ4n) is 1.88. The van der Waals surface area contributed by atoms with Gasteiger partial charge in [0.05, 0.1) is 21.2 Å². The summed E-state index contributed by atoms with van der Waals surface area (Å²) in [6.45, 7) is 1.72. The van der Waals surface area contributed by atoms with Crippen molar-refractivity contribution in [3.63, 3.8) is 0 Å². The van der Waals surface area contributed by atoms with Crippen molar-refractivity contribution < 1.29 is 13.3 Å². The van der Waals surface area contributed by atoms with Gasteiger partial charge in [-0.1, -0.05) is 35.3 Å². The molecule has 0 aliphatic heterocycles. The third-order valence-corrected chi connectivity index (χ3v) is 5.02. The summed E-state index contributed by atoms with van der Waals surface area (Å²) in [7, 11) is -4.08. The van der Waals surface area contributed by atoms with E-state index in [1.54, 1.807) is 6.92 Å². The van der Waals surface area contributed by atoms with Gasteiger partial charge in [0.15, 0.2) is 0 Å². The van der Waals surface area contributed by atoms with E-state index in [-0.39, 0.29) is 20.6 Å². The first-order chi connectivity index (χ1) is 11.2. The van der Waals surface area contributed by atoms with Crippen LogP contribution >= 0.6 is 23.2 Å². The smallest absolute Gasteiger partial charge is 0.258 e. The molecule has 0 bridgehead atoms. The molecule has 2 rings (SSSR count). The maximum Gasteiger partial charge on any atom is 0.279 e. The highest BCUT2D eigenvalue weighted by molar-refractivity contribution is 7.89. The Labute approximate surface area is 148 Å². The van der Waals surface area contributed by atoms with Gasteiger partial charge in [-0.05, 0) is 24.6 Å². The predicted octanol–water partition coefficient (Wildman–Crippen LogP) is 3.52. The zero-order valence-corrected chi connectivity index (χ0v) is 14.6. The average Bonchev–Trinajstić information content (AvgIpc) is 2.45. The number of hydrogen-bond acceptors (Lipinski definition) is 5. The summed E-state index contributed by atoms with van der Waals surface area (Å²) >= 11 is 11.9. The molecular formula is C14H11Cl2N3O4S. The standard InChI is InChI=1S/C14H11Cl2N3O4S/c1-9-5-12(15)14(13(16)6-9)24(22,23)18-17-8-10-3-2-4-11(7-10)19(20)21/h2-8,18H,1H3/b17-8+. The average molecular weight is 388 g/mol.